The third kappa shape index (κ3) is 7.17. The minimum Gasteiger partial charge on any atom is -0.326 e. The number of hydrogen-bond acceptors (Lipinski definition) is 5. The molecule has 0 aliphatic heterocycles. The van der Waals surface area contributed by atoms with E-state index < -0.39 is 23.7 Å². The lowest BCUT2D eigenvalue weighted by atomic mass is 10.1. The number of halogens is 3. The number of aromatic nitrogens is 2. The highest BCUT2D eigenvalue weighted by atomic mass is 19.4. The zero-order chi connectivity index (χ0) is 27.1. The van der Waals surface area contributed by atoms with Crippen LogP contribution in [-0.4, -0.2) is 17.2 Å². The largest absolute Gasteiger partial charge is 0.416 e. The SMILES string of the molecule is NCc1ccccc1C[n+]1cc(NC(=O)Nc2cc(NC(=O)Cc3ccccc3)cc(C(F)(F)F)c2)on1. The number of benzene rings is 3. The van der Waals surface area contributed by atoms with Crippen LogP contribution in [-0.2, 0) is 30.5 Å². The van der Waals surface area contributed by atoms with Crippen molar-refractivity contribution < 1.29 is 32.0 Å². The van der Waals surface area contributed by atoms with E-state index in [-0.39, 0.29) is 23.7 Å². The highest BCUT2D eigenvalue weighted by Gasteiger charge is 2.31. The van der Waals surface area contributed by atoms with Gasteiger partial charge in [-0.15, -0.1) is 0 Å². The van der Waals surface area contributed by atoms with Gasteiger partial charge in [-0.3, -0.25) is 14.6 Å². The van der Waals surface area contributed by atoms with Crippen LogP contribution in [0.25, 0.3) is 0 Å². The third-order valence-electron chi connectivity index (χ3n) is 5.43. The summed E-state index contributed by atoms with van der Waals surface area (Å²) < 4.78 is 47.0. The predicted molar refractivity (Wildman–Crippen MR) is 133 cm³/mol. The predicted octanol–water partition coefficient (Wildman–Crippen LogP) is 4.31. The molecule has 0 spiro atoms. The molecule has 4 aromatic rings. The standard InChI is InChI=1S/C26H23F3N6O3/c27-26(28,29)20-11-21(31-23(36)10-17-6-2-1-3-7-17)13-22(12-20)32-25(37)33-24-16-35(34-38-24)15-19-9-5-4-8-18(19)14-30/h1-9,11-13,16H,10,14-15,30H2,(H2-,31,32,33,34,36,37)/p+1. The third-order valence-corrected chi connectivity index (χ3v) is 5.43. The Kier molecular flexibility index (Phi) is 8.02. The Morgan fingerprint density at radius 2 is 1.55 bits per heavy atom. The van der Waals surface area contributed by atoms with E-state index in [1.54, 1.807) is 30.3 Å². The fourth-order valence-electron chi connectivity index (χ4n) is 3.69. The molecule has 0 radical (unpaired) electrons. The number of nitrogens with zero attached hydrogens (tertiary/aromatic N) is 2. The van der Waals surface area contributed by atoms with E-state index in [9.17, 15) is 22.8 Å². The van der Waals surface area contributed by atoms with E-state index in [0.29, 0.717) is 18.7 Å². The average Bonchev–Trinajstić information content (AvgIpc) is 3.30. The summed E-state index contributed by atoms with van der Waals surface area (Å²) in [7, 11) is 0. The molecule has 0 fully saturated rings. The van der Waals surface area contributed by atoms with Gasteiger partial charge < -0.3 is 16.4 Å². The second-order valence-electron chi connectivity index (χ2n) is 8.32. The summed E-state index contributed by atoms with van der Waals surface area (Å²) in [5.74, 6) is -0.538. The van der Waals surface area contributed by atoms with Crippen molar-refractivity contribution in [3.63, 3.8) is 0 Å². The Morgan fingerprint density at radius 3 is 2.24 bits per heavy atom. The molecule has 0 atom stereocenters. The molecule has 38 heavy (non-hydrogen) atoms. The van der Waals surface area contributed by atoms with Gasteiger partial charge in [-0.2, -0.15) is 13.2 Å². The maximum atomic E-state index is 13.5. The van der Waals surface area contributed by atoms with Crippen molar-refractivity contribution in [1.82, 2.24) is 5.27 Å². The van der Waals surface area contributed by atoms with Crippen molar-refractivity contribution in [3.8, 4) is 0 Å². The van der Waals surface area contributed by atoms with E-state index in [1.165, 1.54) is 16.9 Å². The van der Waals surface area contributed by atoms with Crippen molar-refractivity contribution in [2.45, 2.75) is 25.7 Å². The van der Waals surface area contributed by atoms with Gasteiger partial charge in [-0.05, 0) is 34.0 Å². The number of urea groups is 1. The first kappa shape index (κ1) is 26.4. The van der Waals surface area contributed by atoms with Crippen LogP contribution in [0.1, 0.15) is 22.3 Å². The van der Waals surface area contributed by atoms with Gasteiger partial charge >= 0.3 is 18.1 Å². The number of anilines is 3. The average molecular weight is 526 g/mol. The Morgan fingerprint density at radius 1 is 0.895 bits per heavy atom. The summed E-state index contributed by atoms with van der Waals surface area (Å²) in [6, 6.07) is 18.2. The fraction of sp³-hybridized carbons (Fsp3) is 0.154. The van der Waals surface area contributed by atoms with Gasteiger partial charge in [0.05, 0.1) is 12.0 Å². The van der Waals surface area contributed by atoms with Crippen LogP contribution in [0.3, 0.4) is 0 Å². The molecular formula is C26H24F3N6O3+. The second-order valence-corrected chi connectivity index (χ2v) is 8.32. The second kappa shape index (κ2) is 11.6. The Balaban J connectivity index is 1.43. The lowest BCUT2D eigenvalue weighted by molar-refractivity contribution is -0.754. The highest BCUT2D eigenvalue weighted by Crippen LogP contribution is 2.33. The van der Waals surface area contributed by atoms with Crippen molar-refractivity contribution in [2.75, 3.05) is 16.0 Å². The van der Waals surface area contributed by atoms with Gasteiger partial charge in [0.2, 0.25) is 17.7 Å². The number of alkyl halides is 3. The molecule has 0 unspecified atom stereocenters. The summed E-state index contributed by atoms with van der Waals surface area (Å²) in [6.07, 6.45) is -3.31. The number of hydrogen-bond donors (Lipinski definition) is 4. The lowest BCUT2D eigenvalue weighted by Gasteiger charge is -2.14. The first-order chi connectivity index (χ1) is 18.2. The quantitative estimate of drug-likeness (QED) is 0.255. The first-order valence-corrected chi connectivity index (χ1v) is 11.5. The highest BCUT2D eigenvalue weighted by molar-refractivity contribution is 6.00. The lowest BCUT2D eigenvalue weighted by Crippen LogP contribution is -2.35. The molecule has 0 aliphatic carbocycles. The molecule has 0 saturated carbocycles. The zero-order valence-corrected chi connectivity index (χ0v) is 20.0. The van der Waals surface area contributed by atoms with E-state index in [1.807, 2.05) is 24.3 Å². The number of amides is 3. The smallest absolute Gasteiger partial charge is 0.326 e. The maximum Gasteiger partial charge on any atom is 0.416 e. The molecular weight excluding hydrogens is 501 g/mol. The van der Waals surface area contributed by atoms with Gasteiger partial charge in [0.1, 0.15) is 0 Å². The molecule has 0 bridgehead atoms. The Bertz CT molecular complexity index is 1420. The van der Waals surface area contributed by atoms with Crippen LogP contribution in [0.5, 0.6) is 0 Å². The monoisotopic (exact) mass is 525 g/mol. The van der Waals surface area contributed by atoms with Crippen molar-refractivity contribution in [3.05, 3.63) is 101 Å². The molecule has 3 aromatic carbocycles. The molecule has 3 amide bonds. The summed E-state index contributed by atoms with van der Waals surface area (Å²) in [4.78, 5) is 24.9. The molecule has 0 saturated heterocycles. The number of rotatable bonds is 8. The van der Waals surface area contributed by atoms with Crippen LogP contribution in [0, 0.1) is 0 Å². The number of carbonyl (C=O) groups excluding carboxylic acids is 2. The van der Waals surface area contributed by atoms with Crippen LogP contribution in [0.15, 0.2) is 83.5 Å². The van der Waals surface area contributed by atoms with Crippen LogP contribution < -0.4 is 26.4 Å². The van der Waals surface area contributed by atoms with E-state index in [0.717, 1.165) is 23.3 Å². The van der Waals surface area contributed by atoms with Gasteiger partial charge in [-0.25, -0.2) is 4.79 Å². The summed E-state index contributed by atoms with van der Waals surface area (Å²) in [6.45, 7) is 0.674. The number of carbonyl (C=O) groups is 2. The molecule has 0 aliphatic rings. The maximum absolute atomic E-state index is 13.5. The van der Waals surface area contributed by atoms with E-state index in [4.69, 9.17) is 10.3 Å². The van der Waals surface area contributed by atoms with Gasteiger partial charge in [0.15, 0.2) is 0 Å². The number of nitrogens with two attached hydrogens (primary N) is 1. The molecule has 1 heterocycles. The number of nitrogens with one attached hydrogen (secondary N) is 3. The molecule has 1 aromatic heterocycles. The van der Waals surface area contributed by atoms with Crippen LogP contribution in [0.4, 0.5) is 35.2 Å². The van der Waals surface area contributed by atoms with Crippen molar-refractivity contribution in [2.24, 2.45) is 5.73 Å². The topological polar surface area (TPSA) is 126 Å². The van der Waals surface area contributed by atoms with Gasteiger partial charge in [0.25, 0.3) is 6.20 Å². The van der Waals surface area contributed by atoms with Crippen molar-refractivity contribution >= 4 is 29.2 Å². The van der Waals surface area contributed by atoms with Gasteiger partial charge in [0, 0.05) is 23.5 Å². The molecule has 9 nitrogen and oxygen atoms in total. The minimum atomic E-state index is -4.70. The van der Waals surface area contributed by atoms with Crippen molar-refractivity contribution in [1.29, 1.82) is 0 Å². The molecule has 4 rings (SSSR count). The van der Waals surface area contributed by atoms with E-state index in [2.05, 4.69) is 21.2 Å². The van der Waals surface area contributed by atoms with Crippen LogP contribution >= 0.6 is 0 Å². The van der Waals surface area contributed by atoms with Gasteiger partial charge in [-0.1, -0.05) is 54.6 Å². The normalized spacial score (nSPS) is 11.2. The zero-order valence-electron chi connectivity index (χ0n) is 20.0. The van der Waals surface area contributed by atoms with E-state index >= 15 is 0 Å². The summed E-state index contributed by atoms with van der Waals surface area (Å²) in [5.41, 5.74) is 6.94. The Labute approximate surface area is 215 Å². The molecule has 196 valence electrons. The fourth-order valence-corrected chi connectivity index (χ4v) is 3.69. The van der Waals surface area contributed by atoms with Crippen LogP contribution in [0.2, 0.25) is 0 Å². The molecule has 5 N–H and O–H groups in total. The minimum absolute atomic E-state index is 0.0262. The summed E-state index contributed by atoms with van der Waals surface area (Å²) in [5, 5.41) is 11.0. The summed E-state index contributed by atoms with van der Waals surface area (Å²) >= 11 is 0. The molecule has 12 heteroatoms. The Hall–Kier alpha value is -4.71. The first-order valence-electron chi connectivity index (χ1n) is 11.5.